The van der Waals surface area contributed by atoms with Crippen molar-refractivity contribution in [2.75, 3.05) is 11.6 Å². The molecule has 0 aliphatic heterocycles. The van der Waals surface area contributed by atoms with Gasteiger partial charge in [0, 0.05) is 16.0 Å². The Bertz CT molecular complexity index is 1060. The highest BCUT2D eigenvalue weighted by Gasteiger charge is 2.17. The molecule has 132 valence electrons. The second kappa shape index (κ2) is 7.40. The largest absolute Gasteiger partial charge is 0.476 e. The second-order valence-corrected chi connectivity index (χ2v) is 6.32. The predicted molar refractivity (Wildman–Crippen MR) is 99.8 cm³/mol. The van der Waals surface area contributed by atoms with Gasteiger partial charge in [0.25, 0.3) is 5.56 Å². The molecule has 3 aromatic rings. The molecule has 1 amide bonds. The molecule has 26 heavy (non-hydrogen) atoms. The van der Waals surface area contributed by atoms with Gasteiger partial charge in [0.15, 0.2) is 5.69 Å². The molecular formula is C18H15N3O4S. The van der Waals surface area contributed by atoms with Crippen molar-refractivity contribution in [3.8, 4) is 0 Å². The molecule has 0 atom stereocenters. The maximum atomic E-state index is 12.5. The molecule has 0 aliphatic carbocycles. The number of fused-ring (bicyclic) bond motifs is 1. The zero-order valence-electron chi connectivity index (χ0n) is 13.8. The van der Waals surface area contributed by atoms with Crippen molar-refractivity contribution in [3.05, 3.63) is 64.6 Å². The summed E-state index contributed by atoms with van der Waals surface area (Å²) in [5.74, 6) is -1.73. The summed E-state index contributed by atoms with van der Waals surface area (Å²) in [7, 11) is 0. The van der Waals surface area contributed by atoms with Crippen molar-refractivity contribution in [1.29, 1.82) is 0 Å². The predicted octanol–water partition coefficient (Wildman–Crippen LogP) is 2.46. The molecule has 2 aromatic carbocycles. The van der Waals surface area contributed by atoms with Crippen LogP contribution >= 0.6 is 11.8 Å². The van der Waals surface area contributed by atoms with E-state index in [9.17, 15) is 19.5 Å². The average Bonchev–Trinajstić information content (AvgIpc) is 2.64. The van der Waals surface area contributed by atoms with E-state index in [0.29, 0.717) is 5.69 Å². The van der Waals surface area contributed by atoms with Crippen LogP contribution < -0.4 is 10.9 Å². The van der Waals surface area contributed by atoms with Crippen LogP contribution in [0.25, 0.3) is 10.8 Å². The number of hydrogen-bond acceptors (Lipinski definition) is 5. The van der Waals surface area contributed by atoms with Crippen molar-refractivity contribution >= 4 is 40.1 Å². The second-order valence-electron chi connectivity index (χ2n) is 5.44. The number of carboxylic acids is 1. The number of aromatic nitrogens is 2. The number of anilines is 1. The van der Waals surface area contributed by atoms with Gasteiger partial charge in [-0.3, -0.25) is 9.59 Å². The highest BCUT2D eigenvalue weighted by molar-refractivity contribution is 7.98. The minimum absolute atomic E-state index is 0.206. The van der Waals surface area contributed by atoms with Gasteiger partial charge in [-0.05, 0) is 30.5 Å². The van der Waals surface area contributed by atoms with Crippen LogP contribution in [0.3, 0.4) is 0 Å². The molecule has 0 fully saturated rings. The van der Waals surface area contributed by atoms with Gasteiger partial charge < -0.3 is 10.4 Å². The quantitative estimate of drug-likeness (QED) is 0.670. The minimum atomic E-state index is -1.26. The lowest BCUT2D eigenvalue weighted by molar-refractivity contribution is -0.117. The van der Waals surface area contributed by atoms with E-state index < -0.39 is 17.4 Å². The SMILES string of the molecule is CSc1cccc(NC(=O)Cn2nc(C(=O)O)c3ccccc3c2=O)c1. The van der Waals surface area contributed by atoms with Gasteiger partial charge in [0.1, 0.15) is 6.54 Å². The molecule has 3 rings (SSSR count). The molecule has 0 saturated carbocycles. The van der Waals surface area contributed by atoms with Crippen LogP contribution in [0, 0.1) is 0 Å². The van der Waals surface area contributed by atoms with E-state index >= 15 is 0 Å². The van der Waals surface area contributed by atoms with Gasteiger partial charge in [-0.15, -0.1) is 11.8 Å². The third-order valence-corrected chi connectivity index (χ3v) is 4.44. The van der Waals surface area contributed by atoms with Crippen LogP contribution in [0.2, 0.25) is 0 Å². The highest BCUT2D eigenvalue weighted by Crippen LogP contribution is 2.19. The van der Waals surface area contributed by atoms with Crippen LogP contribution in [0.4, 0.5) is 5.69 Å². The third-order valence-electron chi connectivity index (χ3n) is 3.72. The van der Waals surface area contributed by atoms with E-state index in [2.05, 4.69) is 10.4 Å². The molecule has 8 heteroatoms. The standard InChI is InChI=1S/C18H15N3O4S/c1-26-12-6-4-5-11(9-12)19-15(22)10-21-17(23)14-8-3-2-7-13(14)16(20-21)18(24)25/h2-9H,10H2,1H3,(H,19,22)(H,24,25). The van der Waals surface area contributed by atoms with Crippen molar-refractivity contribution in [1.82, 2.24) is 9.78 Å². The highest BCUT2D eigenvalue weighted by atomic mass is 32.2. The number of aromatic carboxylic acids is 1. The molecular weight excluding hydrogens is 354 g/mol. The number of carbonyl (C=O) groups excluding carboxylic acids is 1. The summed E-state index contributed by atoms with van der Waals surface area (Å²) < 4.78 is 0.875. The Morgan fingerprint density at radius 3 is 2.58 bits per heavy atom. The van der Waals surface area contributed by atoms with E-state index in [-0.39, 0.29) is 23.0 Å². The van der Waals surface area contributed by atoms with Crippen LogP contribution in [0.1, 0.15) is 10.5 Å². The molecule has 0 unspecified atom stereocenters. The van der Waals surface area contributed by atoms with E-state index in [4.69, 9.17) is 0 Å². The average molecular weight is 369 g/mol. The van der Waals surface area contributed by atoms with Gasteiger partial charge >= 0.3 is 5.97 Å². The number of nitrogens with one attached hydrogen (secondary N) is 1. The van der Waals surface area contributed by atoms with Gasteiger partial charge in [0.2, 0.25) is 5.91 Å². The lowest BCUT2D eigenvalue weighted by atomic mass is 10.1. The topological polar surface area (TPSA) is 101 Å². The molecule has 0 saturated heterocycles. The first-order valence-corrected chi connectivity index (χ1v) is 8.89. The first-order valence-electron chi connectivity index (χ1n) is 7.66. The lowest BCUT2D eigenvalue weighted by Crippen LogP contribution is -2.31. The smallest absolute Gasteiger partial charge is 0.357 e. The fourth-order valence-electron chi connectivity index (χ4n) is 2.54. The fourth-order valence-corrected chi connectivity index (χ4v) is 3.00. The molecule has 0 spiro atoms. The van der Waals surface area contributed by atoms with E-state index in [1.165, 1.54) is 23.9 Å². The maximum Gasteiger partial charge on any atom is 0.357 e. The number of hydrogen-bond donors (Lipinski definition) is 2. The summed E-state index contributed by atoms with van der Waals surface area (Å²) in [6.45, 7) is -0.382. The zero-order chi connectivity index (χ0) is 18.7. The zero-order valence-corrected chi connectivity index (χ0v) is 14.6. The van der Waals surface area contributed by atoms with Crippen LogP contribution in [0.5, 0.6) is 0 Å². The van der Waals surface area contributed by atoms with Gasteiger partial charge in [-0.2, -0.15) is 5.10 Å². The molecule has 0 radical (unpaired) electrons. The Hall–Kier alpha value is -3.13. The normalized spacial score (nSPS) is 10.7. The summed E-state index contributed by atoms with van der Waals surface area (Å²) >= 11 is 1.54. The van der Waals surface area contributed by atoms with Gasteiger partial charge in [-0.25, -0.2) is 9.48 Å². The van der Waals surface area contributed by atoms with E-state index in [1.54, 1.807) is 18.2 Å². The monoisotopic (exact) mass is 369 g/mol. The molecule has 0 aliphatic rings. The van der Waals surface area contributed by atoms with Crippen molar-refractivity contribution < 1.29 is 14.7 Å². The summed E-state index contributed by atoms with van der Waals surface area (Å²) in [6.07, 6.45) is 1.92. The molecule has 0 bridgehead atoms. The molecule has 7 nitrogen and oxygen atoms in total. The first kappa shape index (κ1) is 17.7. The van der Waals surface area contributed by atoms with Crippen LogP contribution in [0.15, 0.2) is 58.2 Å². The summed E-state index contributed by atoms with van der Waals surface area (Å²) in [6, 6.07) is 13.6. The Labute approximate surface area is 152 Å². The van der Waals surface area contributed by atoms with E-state index in [0.717, 1.165) is 9.58 Å². The van der Waals surface area contributed by atoms with Crippen molar-refractivity contribution in [3.63, 3.8) is 0 Å². The number of nitrogens with zero attached hydrogens (tertiary/aromatic N) is 2. The number of carboxylic acid groups (broad SMARTS) is 1. The van der Waals surface area contributed by atoms with E-state index in [1.807, 2.05) is 24.5 Å². The molecule has 1 heterocycles. The van der Waals surface area contributed by atoms with Crippen molar-refractivity contribution in [2.45, 2.75) is 11.4 Å². The Morgan fingerprint density at radius 1 is 1.15 bits per heavy atom. The third kappa shape index (κ3) is 3.60. The number of amides is 1. The maximum absolute atomic E-state index is 12.5. The van der Waals surface area contributed by atoms with Crippen LogP contribution in [-0.2, 0) is 11.3 Å². The Kier molecular flexibility index (Phi) is 5.04. The van der Waals surface area contributed by atoms with Crippen LogP contribution in [-0.4, -0.2) is 33.0 Å². The number of carbonyl (C=O) groups is 2. The fraction of sp³-hybridized carbons (Fsp3) is 0.111. The Balaban J connectivity index is 1.93. The Morgan fingerprint density at radius 2 is 1.88 bits per heavy atom. The molecule has 1 aromatic heterocycles. The lowest BCUT2D eigenvalue weighted by Gasteiger charge is -2.10. The number of thioether (sulfide) groups is 1. The minimum Gasteiger partial charge on any atom is -0.476 e. The summed E-state index contributed by atoms with van der Waals surface area (Å²) in [5.41, 5.74) is -0.190. The summed E-state index contributed by atoms with van der Waals surface area (Å²) in [5, 5.41) is 16.3. The number of benzene rings is 2. The first-order chi connectivity index (χ1) is 12.5. The molecule has 2 N–H and O–H groups in total. The number of rotatable bonds is 5. The van der Waals surface area contributed by atoms with Gasteiger partial charge in [-0.1, -0.05) is 24.3 Å². The summed E-state index contributed by atoms with van der Waals surface area (Å²) in [4.78, 5) is 37.2. The van der Waals surface area contributed by atoms with Gasteiger partial charge in [0.05, 0.1) is 5.39 Å². The van der Waals surface area contributed by atoms with Crippen molar-refractivity contribution in [2.24, 2.45) is 0 Å².